The first kappa shape index (κ1) is 23.3. The molecule has 0 bridgehead atoms. The van der Waals surface area contributed by atoms with Crippen molar-refractivity contribution in [3.63, 3.8) is 0 Å². The highest BCUT2D eigenvalue weighted by molar-refractivity contribution is 6.32. The fraction of sp³-hybridized carbons (Fsp3) is 0.296. The van der Waals surface area contributed by atoms with E-state index in [-0.39, 0.29) is 11.9 Å². The van der Waals surface area contributed by atoms with Gasteiger partial charge in [0, 0.05) is 38.9 Å². The van der Waals surface area contributed by atoms with Crippen LogP contribution in [0.3, 0.4) is 0 Å². The summed E-state index contributed by atoms with van der Waals surface area (Å²) in [6.45, 7) is 3.29. The van der Waals surface area contributed by atoms with Crippen LogP contribution in [-0.4, -0.2) is 60.6 Å². The van der Waals surface area contributed by atoms with Gasteiger partial charge in [-0.3, -0.25) is 9.79 Å². The van der Waals surface area contributed by atoms with Gasteiger partial charge in [0.2, 0.25) is 5.91 Å². The summed E-state index contributed by atoms with van der Waals surface area (Å²) < 4.78 is 5.94. The maximum atomic E-state index is 12.2. The zero-order chi connectivity index (χ0) is 23.9. The molecule has 7 nitrogen and oxygen atoms in total. The first-order chi connectivity index (χ1) is 16.6. The first-order valence-electron chi connectivity index (χ1n) is 11.6. The summed E-state index contributed by atoms with van der Waals surface area (Å²) in [6, 6.07) is 17.9. The number of hydrogen-bond acceptors (Lipinski definition) is 5. The molecule has 1 amide bonds. The Kier molecular flexibility index (Phi) is 7.42. The lowest BCUT2D eigenvalue weighted by Crippen LogP contribution is -2.45. The lowest BCUT2D eigenvalue weighted by molar-refractivity contribution is -0.127. The standard InChI is InChI=1S/C27H31N5O2/c1-4-8-25(33)31-17-15-21(16-18-31)32-27(29-3)24(19-28-2)26(30-32)20-11-13-23(14-12-20)34-22-9-6-5-7-10-22/h4-14,19,21,28H,15-18H2,1-3H3/b8-4+,24-19-,29-27+. The van der Waals surface area contributed by atoms with E-state index in [2.05, 4.69) is 10.3 Å². The SMILES string of the molecule is C/C=C/C(=O)N1CCC(N2N=C(c3ccc(Oc4ccccc4)cc3)C(=C/NC)/C2=N\C)CC1. The van der Waals surface area contributed by atoms with Gasteiger partial charge in [-0.25, -0.2) is 5.01 Å². The predicted octanol–water partition coefficient (Wildman–Crippen LogP) is 4.20. The Balaban J connectivity index is 1.54. The van der Waals surface area contributed by atoms with Crippen LogP contribution < -0.4 is 10.1 Å². The van der Waals surface area contributed by atoms with Gasteiger partial charge < -0.3 is 15.0 Å². The van der Waals surface area contributed by atoms with E-state index < -0.39 is 0 Å². The Morgan fingerprint density at radius 3 is 2.38 bits per heavy atom. The van der Waals surface area contributed by atoms with Crippen molar-refractivity contribution in [1.82, 2.24) is 15.2 Å². The number of carbonyl (C=O) groups is 1. The molecule has 2 aliphatic heterocycles. The number of nitrogens with one attached hydrogen (secondary N) is 1. The van der Waals surface area contributed by atoms with E-state index in [1.54, 1.807) is 19.2 Å². The van der Waals surface area contributed by atoms with Crippen LogP contribution in [0, 0.1) is 0 Å². The number of piperidine rings is 1. The molecule has 2 aromatic rings. The van der Waals surface area contributed by atoms with Gasteiger partial charge in [0.15, 0.2) is 5.84 Å². The number of hydrazone groups is 1. The molecule has 2 aliphatic rings. The third kappa shape index (κ3) is 5.03. The number of benzene rings is 2. The molecule has 1 N–H and O–H groups in total. The molecule has 0 radical (unpaired) electrons. The number of ether oxygens (including phenoxy) is 1. The van der Waals surface area contributed by atoms with Crippen molar-refractivity contribution in [3.05, 3.63) is 84.1 Å². The Hall–Kier alpha value is -3.87. The summed E-state index contributed by atoms with van der Waals surface area (Å²) in [5.74, 6) is 2.49. The molecule has 0 aliphatic carbocycles. The molecule has 4 rings (SSSR count). The molecular formula is C27H31N5O2. The molecule has 0 aromatic heterocycles. The maximum Gasteiger partial charge on any atom is 0.246 e. The first-order valence-corrected chi connectivity index (χ1v) is 11.6. The van der Waals surface area contributed by atoms with Crippen LogP contribution in [0.4, 0.5) is 0 Å². The Bertz CT molecular complexity index is 1110. The minimum atomic E-state index is 0.0736. The van der Waals surface area contributed by atoms with Crippen LogP contribution in [0.2, 0.25) is 0 Å². The Labute approximate surface area is 201 Å². The summed E-state index contributed by atoms with van der Waals surface area (Å²) in [7, 11) is 3.68. The molecule has 0 spiro atoms. The maximum absolute atomic E-state index is 12.2. The van der Waals surface area contributed by atoms with Gasteiger partial charge in [0.25, 0.3) is 0 Å². The van der Waals surface area contributed by atoms with Crippen molar-refractivity contribution in [2.75, 3.05) is 27.2 Å². The number of amides is 1. The van der Waals surface area contributed by atoms with Crippen LogP contribution >= 0.6 is 0 Å². The highest BCUT2D eigenvalue weighted by Gasteiger charge is 2.35. The monoisotopic (exact) mass is 457 g/mol. The van der Waals surface area contributed by atoms with Crippen LogP contribution in [0.1, 0.15) is 25.3 Å². The smallest absolute Gasteiger partial charge is 0.246 e. The van der Waals surface area contributed by atoms with E-state index in [1.165, 1.54) is 0 Å². The topological polar surface area (TPSA) is 69.5 Å². The Morgan fingerprint density at radius 2 is 1.76 bits per heavy atom. The molecule has 176 valence electrons. The number of hydrogen-bond donors (Lipinski definition) is 1. The molecule has 1 fully saturated rings. The van der Waals surface area contributed by atoms with Crippen LogP contribution in [0.5, 0.6) is 11.5 Å². The third-order valence-electron chi connectivity index (χ3n) is 5.96. The third-order valence-corrected chi connectivity index (χ3v) is 5.96. The van der Waals surface area contributed by atoms with E-state index in [0.717, 1.165) is 47.0 Å². The zero-order valence-electron chi connectivity index (χ0n) is 19.9. The minimum Gasteiger partial charge on any atom is -0.457 e. The Morgan fingerprint density at radius 1 is 1.09 bits per heavy atom. The predicted molar refractivity (Wildman–Crippen MR) is 136 cm³/mol. The number of rotatable bonds is 6. The second-order valence-corrected chi connectivity index (χ2v) is 8.18. The van der Waals surface area contributed by atoms with Gasteiger partial charge in [-0.15, -0.1) is 0 Å². The lowest BCUT2D eigenvalue weighted by Gasteiger charge is -2.35. The summed E-state index contributed by atoms with van der Waals surface area (Å²) in [5, 5.41) is 10.2. The van der Waals surface area contributed by atoms with E-state index in [1.807, 2.05) is 84.7 Å². The summed E-state index contributed by atoms with van der Waals surface area (Å²) in [5.41, 5.74) is 2.81. The van der Waals surface area contributed by atoms with Crippen molar-refractivity contribution >= 4 is 17.5 Å². The van der Waals surface area contributed by atoms with Gasteiger partial charge >= 0.3 is 0 Å². The highest BCUT2D eigenvalue weighted by Crippen LogP contribution is 2.29. The van der Waals surface area contributed by atoms with Crippen LogP contribution in [0.25, 0.3) is 0 Å². The summed E-state index contributed by atoms with van der Waals surface area (Å²) in [4.78, 5) is 18.7. The molecular weight excluding hydrogens is 426 g/mol. The zero-order valence-corrected chi connectivity index (χ0v) is 19.9. The summed E-state index contributed by atoms with van der Waals surface area (Å²) >= 11 is 0. The number of carbonyl (C=O) groups excluding carboxylic acids is 1. The number of nitrogens with zero attached hydrogens (tertiary/aromatic N) is 4. The quantitative estimate of drug-likeness (QED) is 0.660. The van der Waals surface area contributed by atoms with Crippen molar-refractivity contribution in [3.8, 4) is 11.5 Å². The molecule has 7 heteroatoms. The van der Waals surface area contributed by atoms with Gasteiger partial charge in [-0.05, 0) is 62.2 Å². The molecule has 0 saturated carbocycles. The van der Waals surface area contributed by atoms with E-state index in [0.29, 0.717) is 13.1 Å². The van der Waals surface area contributed by atoms with E-state index >= 15 is 0 Å². The fourth-order valence-corrected chi connectivity index (χ4v) is 4.29. The van der Waals surface area contributed by atoms with E-state index in [9.17, 15) is 4.79 Å². The molecule has 1 saturated heterocycles. The second kappa shape index (κ2) is 10.8. The average Bonchev–Trinajstić information content (AvgIpc) is 3.24. The highest BCUT2D eigenvalue weighted by atomic mass is 16.5. The summed E-state index contributed by atoms with van der Waals surface area (Å²) in [6.07, 6.45) is 7.05. The largest absolute Gasteiger partial charge is 0.457 e. The normalized spacial score (nSPS) is 19.2. The number of aliphatic imine (C=N–C) groups is 1. The van der Waals surface area contributed by atoms with Gasteiger partial charge in [0.1, 0.15) is 17.2 Å². The van der Waals surface area contributed by atoms with Gasteiger partial charge in [-0.1, -0.05) is 24.3 Å². The van der Waals surface area contributed by atoms with Crippen molar-refractivity contribution in [2.45, 2.75) is 25.8 Å². The lowest BCUT2D eigenvalue weighted by atomic mass is 10.0. The van der Waals surface area contributed by atoms with Crippen LogP contribution in [0.15, 0.2) is 88.6 Å². The molecule has 34 heavy (non-hydrogen) atoms. The van der Waals surface area contributed by atoms with Gasteiger partial charge in [0.05, 0.1) is 11.6 Å². The second-order valence-electron chi connectivity index (χ2n) is 8.18. The van der Waals surface area contributed by atoms with E-state index in [4.69, 9.17) is 9.84 Å². The minimum absolute atomic E-state index is 0.0736. The molecule has 2 aromatic carbocycles. The number of likely N-dealkylation sites (tertiary alicyclic amines) is 1. The molecule has 0 unspecified atom stereocenters. The average molecular weight is 458 g/mol. The molecule has 0 atom stereocenters. The number of amidine groups is 1. The molecule has 2 heterocycles. The van der Waals surface area contributed by atoms with Crippen molar-refractivity contribution in [2.24, 2.45) is 10.1 Å². The van der Waals surface area contributed by atoms with Gasteiger partial charge in [-0.2, -0.15) is 5.10 Å². The van der Waals surface area contributed by atoms with Crippen molar-refractivity contribution < 1.29 is 9.53 Å². The van der Waals surface area contributed by atoms with Crippen molar-refractivity contribution in [1.29, 1.82) is 0 Å². The fourth-order valence-electron chi connectivity index (χ4n) is 4.29. The number of allylic oxidation sites excluding steroid dienone is 1. The van der Waals surface area contributed by atoms with Crippen LogP contribution in [-0.2, 0) is 4.79 Å². The number of para-hydroxylation sites is 1.